The number of carbonyl (C=O) groups is 1. The molecule has 4 nitrogen and oxygen atoms in total. The van der Waals surface area contributed by atoms with E-state index in [4.69, 9.17) is 0 Å². The number of likely N-dealkylation sites (N-methyl/N-ethyl adjacent to an activating group) is 2. The molecule has 4 heteroatoms. The van der Waals surface area contributed by atoms with Gasteiger partial charge in [-0.3, -0.25) is 4.79 Å². The molecule has 128 valence electrons. The molecule has 1 aromatic carbocycles. The van der Waals surface area contributed by atoms with Gasteiger partial charge in [0.15, 0.2) is 0 Å². The predicted molar refractivity (Wildman–Crippen MR) is 95.8 cm³/mol. The van der Waals surface area contributed by atoms with Gasteiger partial charge < -0.3 is 15.1 Å². The second-order valence-corrected chi connectivity index (χ2v) is 8.01. The molecular weight excluding hydrogens is 286 g/mol. The molecule has 1 atom stereocenters. The number of carbonyl (C=O) groups excluding carboxylic acids is 1. The van der Waals surface area contributed by atoms with Crippen LogP contribution in [0, 0.1) is 0 Å². The second kappa shape index (κ2) is 7.02. The molecule has 2 rings (SSSR count). The summed E-state index contributed by atoms with van der Waals surface area (Å²) in [6, 6.07) is 6.63. The molecule has 1 N–H and O–H groups in total. The van der Waals surface area contributed by atoms with Crippen LogP contribution in [0.25, 0.3) is 0 Å². The maximum atomic E-state index is 12.6. The molecule has 1 amide bonds. The topological polar surface area (TPSA) is 35.6 Å². The standard InChI is InChI=1S/C19H31N3O/c1-19(2,3)15-7-8-16-14(11-15)12-22(6)13-17(16)18(23)20-9-10-21(4)5/h7-8,11,17H,9-10,12-13H2,1-6H3,(H,20,23). The first-order valence-corrected chi connectivity index (χ1v) is 8.43. The average Bonchev–Trinajstić information content (AvgIpc) is 2.44. The van der Waals surface area contributed by atoms with Crippen molar-refractivity contribution in [2.24, 2.45) is 0 Å². The van der Waals surface area contributed by atoms with Crippen LogP contribution in [0.2, 0.25) is 0 Å². The van der Waals surface area contributed by atoms with Gasteiger partial charge in [-0.2, -0.15) is 0 Å². The van der Waals surface area contributed by atoms with Crippen LogP contribution in [0.15, 0.2) is 18.2 Å². The quantitative estimate of drug-likeness (QED) is 0.925. The van der Waals surface area contributed by atoms with Gasteiger partial charge >= 0.3 is 0 Å². The minimum Gasteiger partial charge on any atom is -0.354 e. The van der Waals surface area contributed by atoms with E-state index in [-0.39, 0.29) is 17.2 Å². The number of nitrogens with zero attached hydrogens (tertiary/aromatic N) is 2. The molecule has 0 radical (unpaired) electrons. The Bertz CT molecular complexity index is 560. The molecule has 0 saturated carbocycles. The Morgan fingerprint density at radius 2 is 2.04 bits per heavy atom. The summed E-state index contributed by atoms with van der Waals surface area (Å²) in [5.74, 6) is 0.0723. The molecule has 0 spiro atoms. The molecule has 23 heavy (non-hydrogen) atoms. The van der Waals surface area contributed by atoms with Gasteiger partial charge in [0.1, 0.15) is 0 Å². The van der Waals surface area contributed by atoms with Crippen molar-refractivity contribution in [1.82, 2.24) is 15.1 Å². The zero-order valence-corrected chi connectivity index (χ0v) is 15.4. The first-order chi connectivity index (χ1) is 10.7. The molecule has 1 aliphatic rings. The molecule has 1 aromatic rings. The summed E-state index contributed by atoms with van der Waals surface area (Å²) in [6.07, 6.45) is 0. The maximum Gasteiger partial charge on any atom is 0.228 e. The van der Waals surface area contributed by atoms with Crippen LogP contribution in [-0.4, -0.2) is 56.5 Å². The largest absolute Gasteiger partial charge is 0.354 e. The predicted octanol–water partition coefficient (Wildman–Crippen LogP) is 2.19. The van der Waals surface area contributed by atoms with E-state index in [1.807, 2.05) is 14.1 Å². The minimum atomic E-state index is -0.0695. The van der Waals surface area contributed by atoms with Gasteiger partial charge in [0.25, 0.3) is 0 Å². The third kappa shape index (κ3) is 4.55. The number of nitrogens with one attached hydrogen (secondary N) is 1. The number of benzene rings is 1. The molecule has 1 aliphatic heterocycles. The molecular formula is C19H31N3O. The fraction of sp³-hybridized carbons (Fsp3) is 0.632. The molecule has 0 bridgehead atoms. The highest BCUT2D eigenvalue weighted by Crippen LogP contribution is 2.32. The number of rotatable bonds is 4. The fourth-order valence-corrected chi connectivity index (χ4v) is 3.06. The van der Waals surface area contributed by atoms with E-state index < -0.39 is 0 Å². The van der Waals surface area contributed by atoms with Crippen molar-refractivity contribution in [1.29, 1.82) is 0 Å². The minimum absolute atomic E-state index is 0.0695. The van der Waals surface area contributed by atoms with Crippen molar-refractivity contribution in [3.8, 4) is 0 Å². The van der Waals surface area contributed by atoms with Crippen LogP contribution in [0.4, 0.5) is 0 Å². The Morgan fingerprint density at radius 1 is 1.35 bits per heavy atom. The van der Waals surface area contributed by atoms with E-state index >= 15 is 0 Å². The number of hydrogen-bond donors (Lipinski definition) is 1. The highest BCUT2D eigenvalue weighted by atomic mass is 16.1. The summed E-state index contributed by atoms with van der Waals surface area (Å²) < 4.78 is 0. The first-order valence-electron chi connectivity index (χ1n) is 8.43. The fourth-order valence-electron chi connectivity index (χ4n) is 3.06. The third-order valence-corrected chi connectivity index (χ3v) is 4.49. The monoisotopic (exact) mass is 317 g/mol. The van der Waals surface area contributed by atoms with E-state index in [1.54, 1.807) is 0 Å². The Kier molecular flexibility index (Phi) is 5.48. The van der Waals surface area contributed by atoms with Crippen LogP contribution >= 0.6 is 0 Å². The Labute approximate surface area is 140 Å². The van der Waals surface area contributed by atoms with Crippen LogP contribution in [0.1, 0.15) is 43.4 Å². The maximum absolute atomic E-state index is 12.6. The number of hydrogen-bond acceptors (Lipinski definition) is 3. The highest BCUT2D eigenvalue weighted by molar-refractivity contribution is 5.84. The molecule has 1 heterocycles. The summed E-state index contributed by atoms with van der Waals surface area (Å²) >= 11 is 0. The van der Waals surface area contributed by atoms with E-state index in [1.165, 1.54) is 16.7 Å². The number of amides is 1. The van der Waals surface area contributed by atoms with Crippen molar-refractivity contribution < 1.29 is 4.79 Å². The number of fused-ring (bicyclic) bond motifs is 1. The van der Waals surface area contributed by atoms with E-state index in [9.17, 15) is 4.79 Å². The van der Waals surface area contributed by atoms with Gasteiger partial charge in [-0.1, -0.05) is 39.0 Å². The molecule has 0 saturated heterocycles. The molecule has 1 unspecified atom stereocenters. The van der Waals surface area contributed by atoms with Crippen molar-refractivity contribution in [3.05, 3.63) is 34.9 Å². The summed E-state index contributed by atoms with van der Waals surface area (Å²) in [5.41, 5.74) is 3.95. The molecule has 0 fully saturated rings. The molecule has 0 aliphatic carbocycles. The molecule has 0 aromatic heterocycles. The van der Waals surface area contributed by atoms with Gasteiger partial charge in [-0.15, -0.1) is 0 Å². The lowest BCUT2D eigenvalue weighted by atomic mass is 9.81. The zero-order valence-electron chi connectivity index (χ0n) is 15.4. The van der Waals surface area contributed by atoms with E-state index in [0.29, 0.717) is 6.54 Å². The van der Waals surface area contributed by atoms with Gasteiger partial charge in [-0.05, 0) is 43.2 Å². The van der Waals surface area contributed by atoms with Gasteiger partial charge in [0, 0.05) is 26.2 Å². The normalized spacial score (nSPS) is 18.8. The summed E-state index contributed by atoms with van der Waals surface area (Å²) in [5, 5.41) is 3.08. The third-order valence-electron chi connectivity index (χ3n) is 4.49. The van der Waals surface area contributed by atoms with Gasteiger partial charge in [0.2, 0.25) is 5.91 Å². The van der Waals surface area contributed by atoms with Gasteiger partial charge in [0.05, 0.1) is 5.92 Å². The average molecular weight is 317 g/mol. The van der Waals surface area contributed by atoms with E-state index in [2.05, 4.69) is 61.1 Å². The summed E-state index contributed by atoms with van der Waals surface area (Å²) in [4.78, 5) is 16.9. The smallest absolute Gasteiger partial charge is 0.228 e. The SMILES string of the molecule is CN(C)CCNC(=O)C1CN(C)Cc2cc(C(C)(C)C)ccc21. The summed E-state index contributed by atoms with van der Waals surface area (Å²) in [6.45, 7) is 9.95. The van der Waals surface area contributed by atoms with Crippen LogP contribution in [0.3, 0.4) is 0 Å². The Balaban J connectivity index is 2.20. The highest BCUT2D eigenvalue weighted by Gasteiger charge is 2.29. The lowest BCUT2D eigenvalue weighted by molar-refractivity contribution is -0.123. The lowest BCUT2D eigenvalue weighted by Gasteiger charge is -2.33. The van der Waals surface area contributed by atoms with Crippen molar-refractivity contribution in [2.45, 2.75) is 38.6 Å². The van der Waals surface area contributed by atoms with Gasteiger partial charge in [-0.25, -0.2) is 0 Å². The van der Waals surface area contributed by atoms with Crippen molar-refractivity contribution in [3.63, 3.8) is 0 Å². The second-order valence-electron chi connectivity index (χ2n) is 8.01. The van der Waals surface area contributed by atoms with Crippen LogP contribution in [0.5, 0.6) is 0 Å². The van der Waals surface area contributed by atoms with Crippen molar-refractivity contribution in [2.75, 3.05) is 40.8 Å². The summed E-state index contributed by atoms with van der Waals surface area (Å²) in [7, 11) is 6.13. The Hall–Kier alpha value is -1.39. The zero-order chi connectivity index (χ0) is 17.2. The Morgan fingerprint density at radius 3 is 2.65 bits per heavy atom. The first kappa shape index (κ1) is 18.0. The van der Waals surface area contributed by atoms with Crippen LogP contribution < -0.4 is 5.32 Å². The van der Waals surface area contributed by atoms with E-state index in [0.717, 1.165) is 19.6 Å². The van der Waals surface area contributed by atoms with Crippen molar-refractivity contribution >= 4 is 5.91 Å². The lowest BCUT2D eigenvalue weighted by Crippen LogP contribution is -2.41. The van der Waals surface area contributed by atoms with Crippen LogP contribution in [-0.2, 0) is 16.8 Å².